The average Bonchev–Trinajstić information content (AvgIpc) is 3.70. The van der Waals surface area contributed by atoms with E-state index in [4.69, 9.17) is 9.72 Å². The van der Waals surface area contributed by atoms with Gasteiger partial charge in [-0.15, -0.1) is 4.91 Å². The van der Waals surface area contributed by atoms with Crippen LogP contribution in [0, 0.1) is 4.91 Å². The third-order valence-corrected chi connectivity index (χ3v) is 9.75. The number of pyridine rings is 1. The summed E-state index contributed by atoms with van der Waals surface area (Å²) in [5, 5.41) is 5.56. The van der Waals surface area contributed by atoms with Gasteiger partial charge < -0.3 is 14.5 Å². The van der Waals surface area contributed by atoms with Gasteiger partial charge in [-0.05, 0) is 86.6 Å². The molecule has 6 aromatic rings. The maximum Gasteiger partial charge on any atom is 0.137 e. The van der Waals surface area contributed by atoms with Crippen LogP contribution >= 0.6 is 0 Å². The molecule has 7 nitrogen and oxygen atoms in total. The van der Waals surface area contributed by atoms with Crippen LogP contribution in [0.3, 0.4) is 0 Å². The second kappa shape index (κ2) is 12.4. The molecule has 260 valence electrons. The molecule has 0 bridgehead atoms. The topological polar surface area (TPSA) is 63.0 Å². The summed E-state index contributed by atoms with van der Waals surface area (Å²) >= 11 is 0. The van der Waals surface area contributed by atoms with E-state index in [0.717, 1.165) is 39.0 Å². The zero-order valence-corrected chi connectivity index (χ0v) is 31.2. The Bertz CT molecular complexity index is 2280. The summed E-state index contributed by atoms with van der Waals surface area (Å²) < 4.78 is 8.71. The quantitative estimate of drug-likeness (QED) is 0.164. The number of nitroso groups, excluding NO2 is 1. The van der Waals surface area contributed by atoms with E-state index in [1.54, 1.807) is 12.1 Å². The maximum absolute atomic E-state index is 11.9. The minimum Gasteiger partial charge on any atom is -0.457 e. The molecule has 0 saturated heterocycles. The third kappa shape index (κ3) is 6.73. The highest BCUT2D eigenvalue weighted by Gasteiger charge is 2.24. The number of hydrogen-bond acceptors (Lipinski definition) is 6. The maximum atomic E-state index is 11.9. The third-order valence-electron chi connectivity index (χ3n) is 9.75. The van der Waals surface area contributed by atoms with Gasteiger partial charge in [0.15, 0.2) is 0 Å². The van der Waals surface area contributed by atoms with Gasteiger partial charge >= 0.3 is 0 Å². The molecule has 0 unspecified atom stereocenters. The lowest BCUT2D eigenvalue weighted by atomic mass is 9.80. The number of aromatic nitrogens is 2. The Labute approximate surface area is 301 Å². The summed E-state index contributed by atoms with van der Waals surface area (Å²) in [6.45, 7) is 20.7. The van der Waals surface area contributed by atoms with Gasteiger partial charge in [-0.3, -0.25) is 4.57 Å². The first-order chi connectivity index (χ1) is 24.1. The van der Waals surface area contributed by atoms with Crippen LogP contribution in [0.15, 0.2) is 115 Å². The van der Waals surface area contributed by atoms with E-state index in [2.05, 4.69) is 149 Å². The molecule has 51 heavy (non-hydrogen) atoms. The number of nitrogens with zero attached hydrogens (tertiary/aromatic N) is 5. The zero-order chi connectivity index (χ0) is 36.3. The number of rotatable bonds is 6. The Morgan fingerprint density at radius 1 is 0.608 bits per heavy atom. The van der Waals surface area contributed by atoms with Crippen molar-refractivity contribution in [2.45, 2.75) is 78.6 Å². The molecule has 0 radical (unpaired) electrons. The number of para-hydroxylation sites is 1. The standard InChI is InChI=1S/C44H47N5O2/c1-42(2,3)29-16-17-45-41(23-29)49-39-13-11-10-12-37(39)38-15-14-35(27-40(38)49)51-36-25-32(46-50)24-34(26-36)48-19-18-47(28-48)33-21-30(43(4,5)6)20-31(22-33)44(7,8)9/h10-27H,28H2,1-9H3. The number of fused-ring (bicyclic) bond motifs is 3. The van der Waals surface area contributed by atoms with E-state index in [9.17, 15) is 4.91 Å². The van der Waals surface area contributed by atoms with Crippen LogP contribution in [0.1, 0.15) is 79.0 Å². The molecule has 2 aromatic heterocycles. The Kier molecular flexibility index (Phi) is 8.28. The second-order valence-electron chi connectivity index (χ2n) is 16.7. The van der Waals surface area contributed by atoms with Crippen molar-refractivity contribution in [1.29, 1.82) is 0 Å². The van der Waals surface area contributed by atoms with Crippen molar-refractivity contribution < 1.29 is 4.74 Å². The van der Waals surface area contributed by atoms with Crippen LogP contribution in [0.2, 0.25) is 0 Å². The monoisotopic (exact) mass is 677 g/mol. The normalized spacial score (nSPS) is 13.8. The Morgan fingerprint density at radius 2 is 1.24 bits per heavy atom. The predicted molar refractivity (Wildman–Crippen MR) is 212 cm³/mol. The first-order valence-corrected chi connectivity index (χ1v) is 17.6. The van der Waals surface area contributed by atoms with E-state index in [1.165, 1.54) is 16.7 Å². The van der Waals surface area contributed by atoms with Crippen LogP contribution in [0.4, 0.5) is 17.1 Å². The van der Waals surface area contributed by atoms with E-state index in [1.807, 2.05) is 30.6 Å². The molecule has 0 N–H and O–H groups in total. The number of benzene rings is 4. The molecular weight excluding hydrogens is 631 g/mol. The Balaban J connectivity index is 1.22. The van der Waals surface area contributed by atoms with Crippen molar-refractivity contribution in [2.24, 2.45) is 5.18 Å². The first kappa shape index (κ1) is 34.0. The molecule has 7 heteroatoms. The van der Waals surface area contributed by atoms with Crippen molar-refractivity contribution >= 4 is 38.9 Å². The molecule has 0 fully saturated rings. The average molecular weight is 678 g/mol. The molecule has 1 aliphatic heterocycles. The molecule has 3 heterocycles. The molecule has 0 spiro atoms. The number of hydrogen-bond donors (Lipinski definition) is 0. The van der Waals surface area contributed by atoms with E-state index < -0.39 is 0 Å². The van der Waals surface area contributed by atoms with E-state index in [-0.39, 0.29) is 16.2 Å². The van der Waals surface area contributed by atoms with Crippen molar-refractivity contribution in [3.05, 3.63) is 131 Å². The summed E-state index contributed by atoms with van der Waals surface area (Å²) in [5.74, 6) is 2.04. The lowest BCUT2D eigenvalue weighted by molar-refractivity contribution is 0.483. The second-order valence-corrected chi connectivity index (χ2v) is 16.7. The lowest BCUT2D eigenvalue weighted by Gasteiger charge is -2.29. The summed E-state index contributed by atoms with van der Waals surface area (Å²) in [6, 6.07) is 31.1. The summed E-state index contributed by atoms with van der Waals surface area (Å²) in [5.41, 5.74) is 8.14. The Morgan fingerprint density at radius 3 is 1.88 bits per heavy atom. The smallest absolute Gasteiger partial charge is 0.137 e. The highest BCUT2D eigenvalue weighted by molar-refractivity contribution is 6.09. The highest BCUT2D eigenvalue weighted by atomic mass is 16.5. The molecule has 7 rings (SSSR count). The molecular formula is C44H47N5O2. The summed E-state index contributed by atoms with van der Waals surface area (Å²) in [4.78, 5) is 21.1. The zero-order valence-electron chi connectivity index (χ0n) is 31.2. The predicted octanol–water partition coefficient (Wildman–Crippen LogP) is 12.0. The van der Waals surface area contributed by atoms with Crippen LogP contribution < -0.4 is 14.5 Å². The Hall–Kier alpha value is -5.43. The number of ether oxygens (including phenoxy) is 1. The molecule has 0 aliphatic carbocycles. The van der Waals surface area contributed by atoms with Crippen molar-refractivity contribution in [3.8, 4) is 17.3 Å². The fourth-order valence-corrected chi connectivity index (χ4v) is 6.65. The number of anilines is 2. The largest absolute Gasteiger partial charge is 0.457 e. The van der Waals surface area contributed by atoms with Gasteiger partial charge in [0.05, 0.1) is 17.7 Å². The molecule has 0 saturated carbocycles. The SMILES string of the molecule is CC(C)(C)c1cc(N2C=CN(c3cc(N=O)cc(Oc4ccc5c6ccccc6n(-c6cc(C(C)(C)C)ccn6)c5c4)c3)C2)cc(C(C)(C)C)c1. The van der Waals surface area contributed by atoms with Crippen molar-refractivity contribution in [1.82, 2.24) is 9.55 Å². The minimum absolute atomic E-state index is 0.0136. The van der Waals surface area contributed by atoms with Gasteiger partial charge in [0.2, 0.25) is 0 Å². The first-order valence-electron chi connectivity index (χ1n) is 17.6. The van der Waals surface area contributed by atoms with Gasteiger partial charge in [0.25, 0.3) is 0 Å². The van der Waals surface area contributed by atoms with Crippen molar-refractivity contribution in [2.75, 3.05) is 16.5 Å². The highest BCUT2D eigenvalue weighted by Crippen LogP contribution is 2.39. The van der Waals surface area contributed by atoms with Gasteiger partial charge in [0, 0.05) is 58.9 Å². The molecule has 1 aliphatic rings. The van der Waals surface area contributed by atoms with Gasteiger partial charge in [0.1, 0.15) is 23.0 Å². The minimum atomic E-state index is -0.0204. The van der Waals surface area contributed by atoms with Crippen LogP contribution in [0.5, 0.6) is 11.5 Å². The van der Waals surface area contributed by atoms with Gasteiger partial charge in [-0.2, -0.15) is 0 Å². The molecule has 0 amide bonds. The lowest BCUT2D eigenvalue weighted by Crippen LogP contribution is -2.26. The van der Waals surface area contributed by atoms with Gasteiger partial charge in [-0.1, -0.05) is 86.6 Å². The van der Waals surface area contributed by atoms with Crippen molar-refractivity contribution in [3.63, 3.8) is 0 Å². The summed E-state index contributed by atoms with van der Waals surface area (Å²) in [7, 11) is 0. The molecule has 0 atom stereocenters. The molecule has 4 aromatic carbocycles. The van der Waals surface area contributed by atoms with Crippen LogP contribution in [-0.2, 0) is 16.2 Å². The van der Waals surface area contributed by atoms with Crippen LogP contribution in [0.25, 0.3) is 27.6 Å². The summed E-state index contributed by atoms with van der Waals surface area (Å²) in [6.07, 6.45) is 6.01. The van der Waals surface area contributed by atoms with Gasteiger partial charge in [-0.25, -0.2) is 4.98 Å². The fraction of sp³-hybridized carbons (Fsp3) is 0.295. The van der Waals surface area contributed by atoms with E-state index >= 15 is 0 Å². The fourth-order valence-electron chi connectivity index (χ4n) is 6.65. The van der Waals surface area contributed by atoms with Crippen LogP contribution in [-0.4, -0.2) is 16.2 Å². The van der Waals surface area contributed by atoms with E-state index in [0.29, 0.717) is 23.9 Å².